The molecular formula is C13H19BrN3O5P. The Hall–Kier alpha value is -1.41. The van der Waals surface area contributed by atoms with Gasteiger partial charge in [0.2, 0.25) is 5.91 Å². The van der Waals surface area contributed by atoms with Crippen molar-refractivity contribution in [2.45, 2.75) is 25.8 Å². The van der Waals surface area contributed by atoms with Crippen molar-refractivity contribution < 1.29 is 23.9 Å². The number of carbonyl (C=O) groups excluding carboxylic acids is 2. The summed E-state index contributed by atoms with van der Waals surface area (Å²) in [5.41, 5.74) is 0.552. The molecule has 1 aromatic carbocycles. The summed E-state index contributed by atoms with van der Waals surface area (Å²) in [4.78, 5) is 41.4. The Kier molecular flexibility index (Phi) is 7.70. The number of nitrogens with one attached hydrogen (secondary N) is 3. The maximum atomic E-state index is 11.9. The second-order valence-electron chi connectivity index (χ2n) is 4.81. The summed E-state index contributed by atoms with van der Waals surface area (Å²) in [5, 5.41) is 7.20. The summed E-state index contributed by atoms with van der Waals surface area (Å²) in [6.45, 7) is 1.83. The van der Waals surface area contributed by atoms with Crippen molar-refractivity contribution >= 4 is 41.2 Å². The highest BCUT2D eigenvalue weighted by Crippen LogP contribution is 2.31. The van der Waals surface area contributed by atoms with Gasteiger partial charge in [0.25, 0.3) is 0 Å². The van der Waals surface area contributed by atoms with E-state index >= 15 is 0 Å². The monoisotopic (exact) mass is 407 g/mol. The van der Waals surface area contributed by atoms with Crippen LogP contribution in [0.4, 0.5) is 10.5 Å². The Balaban J connectivity index is 2.59. The van der Waals surface area contributed by atoms with E-state index in [0.717, 1.165) is 4.47 Å². The van der Waals surface area contributed by atoms with Crippen LogP contribution in [0.3, 0.4) is 0 Å². The number of urea groups is 1. The summed E-state index contributed by atoms with van der Waals surface area (Å²) in [6, 6.07) is 5.44. The third kappa shape index (κ3) is 8.13. The van der Waals surface area contributed by atoms with Gasteiger partial charge in [-0.25, -0.2) is 4.79 Å². The fourth-order valence-electron chi connectivity index (χ4n) is 1.72. The van der Waals surface area contributed by atoms with E-state index in [2.05, 4.69) is 31.9 Å². The van der Waals surface area contributed by atoms with Gasteiger partial charge < -0.3 is 25.7 Å². The molecule has 0 aliphatic rings. The highest BCUT2D eigenvalue weighted by molar-refractivity contribution is 9.10. The third-order valence-corrected chi connectivity index (χ3v) is 3.86. The fraction of sp³-hybridized carbons (Fsp3) is 0.385. The minimum absolute atomic E-state index is 0.348. The molecule has 0 aliphatic heterocycles. The molecule has 5 N–H and O–H groups in total. The summed E-state index contributed by atoms with van der Waals surface area (Å²) in [7, 11) is -4.34. The molecule has 1 rings (SSSR count). The van der Waals surface area contributed by atoms with Crippen LogP contribution in [0.2, 0.25) is 0 Å². The maximum Gasteiger partial charge on any atom is 0.344 e. The Bertz CT molecular complexity index is 590. The lowest BCUT2D eigenvalue weighted by Crippen LogP contribution is -2.48. The quantitative estimate of drug-likeness (QED) is 0.441. The van der Waals surface area contributed by atoms with Gasteiger partial charge in [-0.1, -0.05) is 29.3 Å². The first-order valence-electron chi connectivity index (χ1n) is 6.86. The van der Waals surface area contributed by atoms with E-state index in [1.807, 2.05) is 6.92 Å². The van der Waals surface area contributed by atoms with Crippen LogP contribution in [0, 0.1) is 0 Å². The van der Waals surface area contributed by atoms with E-state index in [0.29, 0.717) is 18.5 Å². The molecule has 0 bridgehead atoms. The predicted octanol–water partition coefficient (Wildman–Crippen LogP) is 1.99. The summed E-state index contributed by atoms with van der Waals surface area (Å²) < 4.78 is 11.6. The van der Waals surface area contributed by atoms with Gasteiger partial charge in [-0.05, 0) is 30.7 Å². The molecule has 0 heterocycles. The molecule has 10 heteroatoms. The zero-order chi connectivity index (χ0) is 17.5. The van der Waals surface area contributed by atoms with Crippen molar-refractivity contribution in [2.24, 2.45) is 0 Å². The second kappa shape index (κ2) is 9.02. The third-order valence-electron chi connectivity index (χ3n) is 2.76. The van der Waals surface area contributed by atoms with Crippen LogP contribution in [-0.2, 0) is 9.36 Å². The first-order chi connectivity index (χ1) is 10.7. The van der Waals surface area contributed by atoms with Crippen LogP contribution in [0.15, 0.2) is 28.7 Å². The van der Waals surface area contributed by atoms with Crippen molar-refractivity contribution in [3.8, 4) is 0 Å². The highest BCUT2D eigenvalue weighted by atomic mass is 79.9. The molecule has 0 fully saturated rings. The Morgan fingerprint density at radius 2 is 1.87 bits per heavy atom. The number of halogens is 1. The van der Waals surface area contributed by atoms with Crippen LogP contribution in [0.25, 0.3) is 0 Å². The average molecular weight is 408 g/mol. The average Bonchev–Trinajstić information content (AvgIpc) is 2.46. The first-order valence-corrected chi connectivity index (χ1v) is 9.45. The number of anilines is 1. The van der Waals surface area contributed by atoms with Crippen LogP contribution in [0.1, 0.15) is 19.8 Å². The lowest BCUT2D eigenvalue weighted by atomic mass is 10.1. The summed E-state index contributed by atoms with van der Waals surface area (Å²) >= 11 is 3.28. The highest BCUT2D eigenvalue weighted by Gasteiger charge is 2.22. The number of amides is 3. The number of hydrogen-bond donors (Lipinski definition) is 5. The van der Waals surface area contributed by atoms with Gasteiger partial charge in [-0.15, -0.1) is 0 Å². The van der Waals surface area contributed by atoms with Crippen LogP contribution >= 0.6 is 23.5 Å². The van der Waals surface area contributed by atoms with Gasteiger partial charge in [-0.3, -0.25) is 9.36 Å². The van der Waals surface area contributed by atoms with E-state index in [1.54, 1.807) is 24.3 Å². The largest absolute Gasteiger partial charge is 0.344 e. The number of rotatable bonds is 7. The molecule has 0 radical (unpaired) electrons. The van der Waals surface area contributed by atoms with Gasteiger partial charge in [-0.2, -0.15) is 0 Å². The van der Waals surface area contributed by atoms with Gasteiger partial charge in [0.15, 0.2) is 0 Å². The lowest BCUT2D eigenvalue weighted by Gasteiger charge is -2.18. The smallest absolute Gasteiger partial charge is 0.343 e. The molecule has 1 aromatic rings. The van der Waals surface area contributed by atoms with Crippen molar-refractivity contribution in [1.29, 1.82) is 0 Å². The Labute approximate surface area is 142 Å². The maximum absolute atomic E-state index is 11.9. The number of hydrogen-bond acceptors (Lipinski definition) is 3. The molecule has 1 atom stereocenters. The van der Waals surface area contributed by atoms with Crippen molar-refractivity contribution in [2.75, 3.05) is 11.6 Å². The van der Waals surface area contributed by atoms with Crippen LogP contribution < -0.4 is 16.0 Å². The normalized spacial score (nSPS) is 12.3. The molecule has 0 aliphatic carbocycles. The number of carbonyl (C=O) groups is 2. The van der Waals surface area contributed by atoms with E-state index in [1.165, 1.54) is 0 Å². The molecule has 3 amide bonds. The lowest BCUT2D eigenvalue weighted by molar-refractivity contribution is -0.122. The standard InChI is InChI=1S/C13H19BrN3O5P/c1-2-3-11(12(18)15-8-23(20,21)22)17-13(19)16-10-6-4-9(14)5-7-10/h4-7,11H,2-3,8H2,1H3,(H,15,18)(H2,16,17,19)(H2,20,21,22). The van der Waals surface area contributed by atoms with Crippen LogP contribution in [0.5, 0.6) is 0 Å². The SMILES string of the molecule is CCCC(NC(=O)Nc1ccc(Br)cc1)C(=O)NCP(=O)(O)O. The molecule has 128 valence electrons. The summed E-state index contributed by atoms with van der Waals surface area (Å²) in [5.74, 6) is -0.638. The molecular weight excluding hydrogens is 389 g/mol. The molecule has 0 spiro atoms. The molecule has 1 unspecified atom stereocenters. The van der Waals surface area contributed by atoms with E-state index in [9.17, 15) is 14.2 Å². The fourth-order valence-corrected chi connectivity index (χ4v) is 2.35. The van der Waals surface area contributed by atoms with Crippen LogP contribution in [-0.4, -0.2) is 34.1 Å². The molecule has 0 aromatic heterocycles. The van der Waals surface area contributed by atoms with Crippen molar-refractivity contribution in [3.05, 3.63) is 28.7 Å². The van der Waals surface area contributed by atoms with Gasteiger partial charge in [0, 0.05) is 10.2 Å². The zero-order valence-electron chi connectivity index (χ0n) is 12.5. The molecule has 8 nitrogen and oxygen atoms in total. The topological polar surface area (TPSA) is 128 Å². The van der Waals surface area contributed by atoms with Gasteiger partial charge in [0.05, 0.1) is 0 Å². The molecule has 23 heavy (non-hydrogen) atoms. The van der Waals surface area contributed by atoms with Gasteiger partial charge >= 0.3 is 13.6 Å². The Morgan fingerprint density at radius 3 is 2.39 bits per heavy atom. The van der Waals surface area contributed by atoms with E-state index in [-0.39, 0.29) is 0 Å². The Morgan fingerprint density at radius 1 is 1.26 bits per heavy atom. The second-order valence-corrected chi connectivity index (χ2v) is 7.37. The number of benzene rings is 1. The zero-order valence-corrected chi connectivity index (χ0v) is 14.9. The summed E-state index contributed by atoms with van der Waals surface area (Å²) in [6.07, 6.45) is 0.204. The first kappa shape index (κ1) is 19.6. The predicted molar refractivity (Wildman–Crippen MR) is 90.0 cm³/mol. The minimum atomic E-state index is -4.34. The van der Waals surface area contributed by atoms with Gasteiger partial charge in [0.1, 0.15) is 12.3 Å². The minimum Gasteiger partial charge on any atom is -0.343 e. The molecule has 0 saturated heterocycles. The molecule has 0 saturated carbocycles. The van der Waals surface area contributed by atoms with Crippen molar-refractivity contribution in [3.63, 3.8) is 0 Å². The van der Waals surface area contributed by atoms with E-state index in [4.69, 9.17) is 9.79 Å². The van der Waals surface area contributed by atoms with Crippen molar-refractivity contribution in [1.82, 2.24) is 10.6 Å². The van der Waals surface area contributed by atoms with E-state index < -0.39 is 31.9 Å².